The molecule has 1 heterocycles. The summed E-state index contributed by atoms with van der Waals surface area (Å²) in [6.07, 6.45) is 6.19. The predicted molar refractivity (Wildman–Crippen MR) is 117 cm³/mol. The van der Waals surface area contributed by atoms with Gasteiger partial charge in [0.1, 0.15) is 28.9 Å². The summed E-state index contributed by atoms with van der Waals surface area (Å²) in [7, 11) is 1.43. The van der Waals surface area contributed by atoms with Crippen LogP contribution in [0.15, 0.2) is 50.7 Å². The summed E-state index contributed by atoms with van der Waals surface area (Å²) in [5.74, 6) is 0.960. The van der Waals surface area contributed by atoms with Crippen molar-refractivity contribution in [3.05, 3.63) is 51.9 Å². The highest BCUT2D eigenvalue weighted by molar-refractivity contribution is 5.91. The van der Waals surface area contributed by atoms with E-state index in [2.05, 4.69) is 26.8 Å². The second-order valence-corrected chi connectivity index (χ2v) is 8.28. The Balaban J connectivity index is 2.39. The molecule has 1 aromatic heterocycles. The van der Waals surface area contributed by atoms with Crippen LogP contribution < -0.4 is 19.8 Å². The third-order valence-corrected chi connectivity index (χ3v) is 4.18. The molecule has 0 unspecified atom stereocenters. The molecule has 0 aliphatic carbocycles. The summed E-state index contributed by atoms with van der Waals surface area (Å²) in [5.41, 5.74) is 1.94. The Morgan fingerprint density at radius 1 is 1.10 bits per heavy atom. The first kappa shape index (κ1) is 22.6. The van der Waals surface area contributed by atoms with Crippen molar-refractivity contribution >= 4 is 11.0 Å². The van der Waals surface area contributed by atoms with Gasteiger partial charge in [-0.15, -0.1) is 0 Å². The largest absolute Gasteiger partial charge is 0.487 e. The lowest BCUT2D eigenvalue weighted by atomic mass is 10.1. The third kappa shape index (κ3) is 6.41. The van der Waals surface area contributed by atoms with Crippen LogP contribution in [0.25, 0.3) is 11.0 Å². The highest BCUT2D eigenvalue weighted by atomic mass is 16.5. The second-order valence-electron chi connectivity index (χ2n) is 8.28. The number of allylic oxidation sites excluding steroid dienone is 3. The molecular weight excluding hydrogens is 368 g/mol. The molecule has 0 saturated carbocycles. The van der Waals surface area contributed by atoms with Crippen molar-refractivity contribution in [2.24, 2.45) is 0 Å². The first-order chi connectivity index (χ1) is 13.6. The Labute approximate surface area is 173 Å². The van der Waals surface area contributed by atoms with E-state index in [0.717, 1.165) is 12.8 Å². The van der Waals surface area contributed by atoms with E-state index in [1.807, 2.05) is 32.9 Å². The predicted octanol–water partition coefficient (Wildman–Crippen LogP) is 6.05. The minimum Gasteiger partial charge on any atom is -0.487 e. The molecule has 2 rings (SSSR count). The topological polar surface area (TPSA) is 57.9 Å². The number of benzene rings is 1. The Morgan fingerprint density at radius 2 is 1.83 bits per heavy atom. The van der Waals surface area contributed by atoms with Crippen LogP contribution in [0.4, 0.5) is 0 Å². The van der Waals surface area contributed by atoms with E-state index in [4.69, 9.17) is 18.6 Å². The van der Waals surface area contributed by atoms with Gasteiger partial charge in [-0.05, 0) is 72.6 Å². The summed E-state index contributed by atoms with van der Waals surface area (Å²) in [5, 5.41) is 0.592. The quantitative estimate of drug-likeness (QED) is 0.399. The van der Waals surface area contributed by atoms with Crippen molar-refractivity contribution < 1.29 is 18.6 Å². The van der Waals surface area contributed by atoms with Gasteiger partial charge in [0.05, 0.1) is 7.11 Å². The monoisotopic (exact) mass is 400 g/mol. The fourth-order valence-electron chi connectivity index (χ4n) is 2.86. The molecule has 0 fully saturated rings. The van der Waals surface area contributed by atoms with E-state index in [-0.39, 0.29) is 5.75 Å². The van der Waals surface area contributed by atoms with Gasteiger partial charge in [0, 0.05) is 0 Å². The zero-order valence-corrected chi connectivity index (χ0v) is 18.5. The zero-order valence-electron chi connectivity index (χ0n) is 18.5. The van der Waals surface area contributed by atoms with Gasteiger partial charge >= 0.3 is 5.63 Å². The summed E-state index contributed by atoms with van der Waals surface area (Å²) in [6.45, 7) is 12.5. The minimum absolute atomic E-state index is 0.0399. The number of rotatable bonds is 8. The highest BCUT2D eigenvalue weighted by Crippen LogP contribution is 2.39. The smallest absolute Gasteiger partial charge is 0.383 e. The molecule has 0 radical (unpaired) electrons. The van der Waals surface area contributed by atoms with Gasteiger partial charge in [-0.1, -0.05) is 23.3 Å². The first-order valence-corrected chi connectivity index (χ1v) is 9.87. The van der Waals surface area contributed by atoms with E-state index in [1.165, 1.54) is 18.3 Å². The Kier molecular flexibility index (Phi) is 7.54. The number of ether oxygens (including phenoxy) is 3. The van der Waals surface area contributed by atoms with Crippen LogP contribution in [0.5, 0.6) is 17.2 Å². The molecule has 0 saturated heterocycles. The molecule has 0 aliphatic rings. The molecular formula is C24H32O5. The summed E-state index contributed by atoms with van der Waals surface area (Å²) >= 11 is 0. The zero-order chi connectivity index (χ0) is 21.6. The van der Waals surface area contributed by atoms with Gasteiger partial charge in [0.15, 0.2) is 5.75 Å². The van der Waals surface area contributed by atoms with Crippen LogP contribution in [0.3, 0.4) is 0 Å². The van der Waals surface area contributed by atoms with Crippen molar-refractivity contribution in [1.82, 2.24) is 0 Å². The third-order valence-electron chi connectivity index (χ3n) is 4.18. The average molecular weight is 401 g/mol. The molecule has 0 amide bonds. The number of methoxy groups -OCH3 is 1. The molecule has 0 aliphatic heterocycles. The molecule has 5 heteroatoms. The van der Waals surface area contributed by atoms with E-state index >= 15 is 0 Å². The Bertz CT molecular complexity index is 954. The number of fused-ring (bicyclic) bond motifs is 1. The Morgan fingerprint density at radius 3 is 2.45 bits per heavy atom. The molecule has 29 heavy (non-hydrogen) atoms. The van der Waals surface area contributed by atoms with E-state index < -0.39 is 11.2 Å². The van der Waals surface area contributed by atoms with Crippen LogP contribution >= 0.6 is 0 Å². The molecule has 0 spiro atoms. The van der Waals surface area contributed by atoms with Crippen LogP contribution in [-0.2, 0) is 0 Å². The number of hydrogen-bond acceptors (Lipinski definition) is 5. The standard InChI is InChI=1S/C24H32O5/c1-16(2)10-8-11-17(3)14-15-27-21-20-18(28-23(25)22(21)26-7)12-9-13-19(20)29-24(4,5)6/h9-10,12-14H,8,11,15H2,1-7H3. The van der Waals surface area contributed by atoms with Crippen LogP contribution in [0.2, 0.25) is 0 Å². The average Bonchev–Trinajstić information content (AvgIpc) is 2.60. The van der Waals surface area contributed by atoms with Crippen molar-refractivity contribution in [3.63, 3.8) is 0 Å². The minimum atomic E-state index is -0.577. The molecule has 158 valence electrons. The lowest BCUT2D eigenvalue weighted by Crippen LogP contribution is -2.23. The van der Waals surface area contributed by atoms with Crippen molar-refractivity contribution in [2.75, 3.05) is 13.7 Å². The van der Waals surface area contributed by atoms with E-state index in [1.54, 1.807) is 12.1 Å². The lowest BCUT2D eigenvalue weighted by molar-refractivity contribution is 0.132. The highest BCUT2D eigenvalue weighted by Gasteiger charge is 2.22. The van der Waals surface area contributed by atoms with Crippen molar-refractivity contribution in [1.29, 1.82) is 0 Å². The van der Waals surface area contributed by atoms with E-state index in [0.29, 0.717) is 29.1 Å². The molecule has 5 nitrogen and oxygen atoms in total. The van der Waals surface area contributed by atoms with Crippen LogP contribution in [0.1, 0.15) is 54.4 Å². The normalized spacial score (nSPS) is 12.0. The van der Waals surface area contributed by atoms with Crippen molar-refractivity contribution in [2.45, 2.75) is 60.0 Å². The van der Waals surface area contributed by atoms with Gasteiger partial charge in [0.2, 0.25) is 5.75 Å². The second kappa shape index (κ2) is 9.68. The first-order valence-electron chi connectivity index (χ1n) is 9.87. The van der Waals surface area contributed by atoms with Gasteiger partial charge < -0.3 is 18.6 Å². The van der Waals surface area contributed by atoms with Gasteiger partial charge in [-0.2, -0.15) is 0 Å². The molecule has 0 bridgehead atoms. The lowest BCUT2D eigenvalue weighted by Gasteiger charge is -2.23. The van der Waals surface area contributed by atoms with Crippen LogP contribution in [-0.4, -0.2) is 19.3 Å². The molecule has 1 aromatic carbocycles. The fraction of sp³-hybridized carbons (Fsp3) is 0.458. The maximum Gasteiger partial charge on any atom is 0.383 e. The molecule has 0 N–H and O–H groups in total. The maximum atomic E-state index is 12.3. The van der Waals surface area contributed by atoms with Crippen LogP contribution in [0, 0.1) is 0 Å². The van der Waals surface area contributed by atoms with Gasteiger partial charge in [-0.3, -0.25) is 0 Å². The van der Waals surface area contributed by atoms with Crippen molar-refractivity contribution in [3.8, 4) is 17.2 Å². The summed E-state index contributed by atoms with van der Waals surface area (Å²) in [6, 6.07) is 5.34. The fourth-order valence-corrected chi connectivity index (χ4v) is 2.86. The summed E-state index contributed by atoms with van der Waals surface area (Å²) < 4.78 is 22.8. The maximum absolute atomic E-state index is 12.3. The van der Waals surface area contributed by atoms with E-state index in [9.17, 15) is 4.79 Å². The summed E-state index contributed by atoms with van der Waals surface area (Å²) in [4.78, 5) is 12.3. The van der Waals surface area contributed by atoms with Gasteiger partial charge in [0.25, 0.3) is 0 Å². The molecule has 0 atom stereocenters. The SMILES string of the molecule is COc1c(OCC=C(C)CCC=C(C)C)c2c(OC(C)(C)C)cccc2oc1=O. The molecule has 2 aromatic rings. The van der Waals surface area contributed by atoms with Gasteiger partial charge in [-0.25, -0.2) is 4.79 Å². The Hall–Kier alpha value is -2.69. The number of hydrogen-bond donors (Lipinski definition) is 0.